The van der Waals surface area contributed by atoms with Crippen LogP contribution in [0, 0.1) is 5.41 Å². The molecule has 0 saturated heterocycles. The van der Waals surface area contributed by atoms with Gasteiger partial charge in [-0.1, -0.05) is 20.8 Å². The lowest BCUT2D eigenvalue weighted by Gasteiger charge is -2.29. The van der Waals surface area contributed by atoms with Gasteiger partial charge in [-0.2, -0.15) is 0 Å². The Morgan fingerprint density at radius 1 is 1.42 bits per heavy atom. The Balaban J connectivity index is 2.90. The van der Waals surface area contributed by atoms with Gasteiger partial charge in [0.1, 0.15) is 10.7 Å². The first-order chi connectivity index (χ1) is 8.66. The van der Waals surface area contributed by atoms with Gasteiger partial charge in [-0.25, -0.2) is 13.4 Å². The Labute approximate surface area is 115 Å². The summed E-state index contributed by atoms with van der Waals surface area (Å²) in [5, 5.41) is 3.06. The summed E-state index contributed by atoms with van der Waals surface area (Å²) in [6, 6.07) is 3.16. The van der Waals surface area contributed by atoms with Crippen LogP contribution in [0.1, 0.15) is 20.8 Å². The molecule has 1 N–H and O–H groups in total. The maximum atomic E-state index is 11.7. The minimum absolute atomic E-state index is 0.0399. The molecule has 1 unspecified atom stereocenters. The summed E-state index contributed by atoms with van der Waals surface area (Å²) in [7, 11) is -1.64. The summed E-state index contributed by atoms with van der Waals surface area (Å²) in [5.74, 6) is 0.372. The third-order valence-electron chi connectivity index (χ3n) is 2.88. The van der Waals surface area contributed by atoms with E-state index in [1.807, 2.05) is 0 Å². The molecule has 0 aromatic carbocycles. The largest absolute Gasteiger partial charge is 0.379 e. The zero-order chi connectivity index (χ0) is 14.7. The van der Waals surface area contributed by atoms with Gasteiger partial charge in [0.05, 0.1) is 6.10 Å². The summed E-state index contributed by atoms with van der Waals surface area (Å²) in [6.45, 7) is 6.70. The first-order valence-corrected chi connectivity index (χ1v) is 7.97. The molecule has 0 fully saturated rings. The number of sulfone groups is 1. The first-order valence-electron chi connectivity index (χ1n) is 6.08. The molecule has 0 saturated carbocycles. The van der Waals surface area contributed by atoms with Crippen molar-refractivity contribution in [2.45, 2.75) is 31.8 Å². The highest BCUT2D eigenvalue weighted by molar-refractivity contribution is 7.90. The average molecular weight is 286 g/mol. The van der Waals surface area contributed by atoms with Crippen molar-refractivity contribution < 1.29 is 13.2 Å². The molecule has 1 heterocycles. The van der Waals surface area contributed by atoms with E-state index in [0.717, 1.165) is 0 Å². The molecule has 0 aliphatic carbocycles. The van der Waals surface area contributed by atoms with Gasteiger partial charge in [-0.15, -0.1) is 0 Å². The van der Waals surface area contributed by atoms with Crippen molar-refractivity contribution in [1.29, 1.82) is 0 Å². The Morgan fingerprint density at radius 3 is 2.53 bits per heavy atom. The van der Waals surface area contributed by atoms with Crippen molar-refractivity contribution in [3.63, 3.8) is 0 Å². The van der Waals surface area contributed by atoms with E-state index in [4.69, 9.17) is 4.74 Å². The van der Waals surface area contributed by atoms with Crippen LogP contribution >= 0.6 is 0 Å². The number of rotatable bonds is 5. The SMILES string of the molecule is COC(CNc1ncccc1S(C)(=O)=O)C(C)(C)C. The Hall–Kier alpha value is -1.14. The van der Waals surface area contributed by atoms with Crippen LogP contribution in [0.25, 0.3) is 0 Å². The molecule has 0 spiro atoms. The number of hydrogen-bond acceptors (Lipinski definition) is 5. The Morgan fingerprint density at radius 2 is 2.05 bits per heavy atom. The van der Waals surface area contributed by atoms with Crippen molar-refractivity contribution >= 4 is 15.7 Å². The summed E-state index contributed by atoms with van der Waals surface area (Å²) < 4.78 is 28.7. The number of nitrogens with zero attached hydrogens (tertiary/aromatic N) is 1. The summed E-state index contributed by atoms with van der Waals surface area (Å²) >= 11 is 0. The van der Waals surface area contributed by atoms with Gasteiger partial charge in [-0.05, 0) is 17.5 Å². The molecule has 0 bridgehead atoms. The molecular formula is C13H22N2O3S. The lowest BCUT2D eigenvalue weighted by Crippen LogP contribution is -2.35. The molecule has 1 atom stereocenters. The van der Waals surface area contributed by atoms with Crippen LogP contribution in [0.3, 0.4) is 0 Å². The molecule has 0 amide bonds. The van der Waals surface area contributed by atoms with Crippen LogP contribution in [0.4, 0.5) is 5.82 Å². The van der Waals surface area contributed by atoms with Crippen LogP contribution in [0.2, 0.25) is 0 Å². The third-order valence-corrected chi connectivity index (χ3v) is 4.00. The predicted molar refractivity (Wildman–Crippen MR) is 76.1 cm³/mol. The van der Waals surface area contributed by atoms with E-state index < -0.39 is 9.84 Å². The predicted octanol–water partition coefficient (Wildman–Crippen LogP) is 1.96. The maximum absolute atomic E-state index is 11.7. The van der Waals surface area contributed by atoms with Crippen molar-refractivity contribution in [3.8, 4) is 0 Å². The van der Waals surface area contributed by atoms with Gasteiger partial charge in [0.2, 0.25) is 0 Å². The van der Waals surface area contributed by atoms with E-state index in [1.165, 1.54) is 6.26 Å². The van der Waals surface area contributed by atoms with Crippen LogP contribution in [0.5, 0.6) is 0 Å². The molecule has 19 heavy (non-hydrogen) atoms. The van der Waals surface area contributed by atoms with Crippen LogP contribution in [0.15, 0.2) is 23.2 Å². The minimum atomic E-state index is -3.29. The van der Waals surface area contributed by atoms with Crippen molar-refractivity contribution in [1.82, 2.24) is 4.98 Å². The number of hydrogen-bond donors (Lipinski definition) is 1. The number of anilines is 1. The van der Waals surface area contributed by atoms with Gasteiger partial charge in [0.15, 0.2) is 9.84 Å². The lowest BCUT2D eigenvalue weighted by molar-refractivity contribution is 0.0268. The zero-order valence-corrected chi connectivity index (χ0v) is 12.9. The monoisotopic (exact) mass is 286 g/mol. The molecule has 0 radical (unpaired) electrons. The van der Waals surface area contributed by atoms with E-state index in [-0.39, 0.29) is 16.4 Å². The van der Waals surface area contributed by atoms with Crippen molar-refractivity contribution in [2.24, 2.45) is 5.41 Å². The average Bonchev–Trinajstić information content (AvgIpc) is 2.27. The fourth-order valence-corrected chi connectivity index (χ4v) is 2.56. The highest BCUT2D eigenvalue weighted by Crippen LogP contribution is 2.23. The molecular weight excluding hydrogens is 264 g/mol. The summed E-state index contributed by atoms with van der Waals surface area (Å²) in [4.78, 5) is 4.29. The van der Waals surface area contributed by atoms with E-state index >= 15 is 0 Å². The second-order valence-electron chi connectivity index (χ2n) is 5.59. The van der Waals surface area contributed by atoms with Gasteiger partial charge in [0.25, 0.3) is 0 Å². The first kappa shape index (κ1) is 15.9. The highest BCUT2D eigenvalue weighted by atomic mass is 32.2. The topological polar surface area (TPSA) is 68.3 Å². The third kappa shape index (κ3) is 4.47. The summed E-state index contributed by atoms with van der Waals surface area (Å²) in [6.07, 6.45) is 2.70. The minimum Gasteiger partial charge on any atom is -0.379 e. The second-order valence-corrected chi connectivity index (χ2v) is 7.58. The van der Waals surface area contributed by atoms with E-state index in [2.05, 4.69) is 31.1 Å². The van der Waals surface area contributed by atoms with Gasteiger partial charge < -0.3 is 10.1 Å². The molecule has 0 aliphatic rings. The lowest BCUT2D eigenvalue weighted by atomic mass is 9.89. The molecule has 1 rings (SSSR count). The smallest absolute Gasteiger partial charge is 0.179 e. The maximum Gasteiger partial charge on any atom is 0.179 e. The highest BCUT2D eigenvalue weighted by Gasteiger charge is 2.25. The molecule has 6 heteroatoms. The standard InChI is InChI=1S/C13H22N2O3S/c1-13(2,3)11(18-4)9-15-12-10(19(5,16)17)7-6-8-14-12/h6-8,11H,9H2,1-5H3,(H,14,15). The molecule has 0 aliphatic heterocycles. The number of ether oxygens (including phenoxy) is 1. The van der Waals surface area contributed by atoms with Gasteiger partial charge >= 0.3 is 0 Å². The van der Waals surface area contributed by atoms with Crippen LogP contribution in [-0.2, 0) is 14.6 Å². The van der Waals surface area contributed by atoms with E-state index in [1.54, 1.807) is 25.4 Å². The van der Waals surface area contributed by atoms with Crippen molar-refractivity contribution in [2.75, 3.05) is 25.2 Å². The normalized spacial score (nSPS) is 14.2. The van der Waals surface area contributed by atoms with Gasteiger partial charge in [0, 0.05) is 26.1 Å². The van der Waals surface area contributed by atoms with Gasteiger partial charge in [-0.3, -0.25) is 0 Å². The fraction of sp³-hybridized carbons (Fsp3) is 0.615. The number of pyridine rings is 1. The number of nitrogens with one attached hydrogen (secondary N) is 1. The molecule has 1 aromatic rings. The van der Waals surface area contributed by atoms with Crippen molar-refractivity contribution in [3.05, 3.63) is 18.3 Å². The molecule has 1 aromatic heterocycles. The molecule has 5 nitrogen and oxygen atoms in total. The zero-order valence-electron chi connectivity index (χ0n) is 12.1. The van der Waals surface area contributed by atoms with E-state index in [9.17, 15) is 8.42 Å². The quantitative estimate of drug-likeness (QED) is 0.896. The Kier molecular flexibility index (Phi) is 4.92. The Bertz CT molecular complexity index is 521. The second kappa shape index (κ2) is 5.88. The number of aromatic nitrogens is 1. The molecule has 108 valence electrons. The van der Waals surface area contributed by atoms with Crippen LogP contribution in [-0.4, -0.2) is 39.4 Å². The van der Waals surface area contributed by atoms with E-state index in [0.29, 0.717) is 12.4 Å². The summed E-state index contributed by atoms with van der Waals surface area (Å²) in [5.41, 5.74) is -0.0399. The fourth-order valence-electron chi connectivity index (χ4n) is 1.75. The van der Waals surface area contributed by atoms with Crippen LogP contribution < -0.4 is 5.32 Å². The number of methoxy groups -OCH3 is 1.